The SMILES string of the molecule is c1ccc2c(c1)CCC2NCc1cnoc1. The van der Waals surface area contributed by atoms with E-state index in [1.165, 1.54) is 24.0 Å². The Morgan fingerprint density at radius 2 is 2.31 bits per heavy atom. The van der Waals surface area contributed by atoms with Crippen LogP contribution < -0.4 is 5.32 Å². The first-order valence-electron chi connectivity index (χ1n) is 5.63. The number of hydrogen-bond donors (Lipinski definition) is 1. The Balaban J connectivity index is 1.69. The Kier molecular flexibility index (Phi) is 2.46. The summed E-state index contributed by atoms with van der Waals surface area (Å²) >= 11 is 0. The molecule has 0 fully saturated rings. The van der Waals surface area contributed by atoms with Crippen molar-refractivity contribution in [3.8, 4) is 0 Å². The third kappa shape index (κ3) is 1.74. The van der Waals surface area contributed by atoms with Gasteiger partial charge in [0.25, 0.3) is 0 Å². The zero-order chi connectivity index (χ0) is 10.8. The smallest absolute Gasteiger partial charge is 0.128 e. The van der Waals surface area contributed by atoms with Crippen LogP contribution in [0.15, 0.2) is 41.2 Å². The van der Waals surface area contributed by atoms with Crippen LogP contribution in [0.4, 0.5) is 0 Å². The minimum Gasteiger partial charge on any atom is -0.364 e. The van der Waals surface area contributed by atoms with Crippen LogP contribution in [0, 0.1) is 0 Å². The van der Waals surface area contributed by atoms with Gasteiger partial charge in [-0.1, -0.05) is 29.4 Å². The van der Waals surface area contributed by atoms with Crippen LogP contribution in [0.2, 0.25) is 0 Å². The first-order chi connectivity index (χ1) is 7.93. The van der Waals surface area contributed by atoms with Gasteiger partial charge in [-0.2, -0.15) is 0 Å². The van der Waals surface area contributed by atoms with Gasteiger partial charge in [0.05, 0.1) is 6.20 Å². The summed E-state index contributed by atoms with van der Waals surface area (Å²) in [5.74, 6) is 0. The summed E-state index contributed by atoms with van der Waals surface area (Å²) < 4.78 is 4.81. The number of aromatic nitrogens is 1. The zero-order valence-corrected chi connectivity index (χ0v) is 9.02. The Bertz CT molecular complexity index is 465. The lowest BCUT2D eigenvalue weighted by molar-refractivity contribution is 0.418. The Morgan fingerprint density at radius 1 is 1.38 bits per heavy atom. The number of rotatable bonds is 3. The molecular weight excluding hydrogens is 200 g/mol. The number of nitrogens with one attached hydrogen (secondary N) is 1. The van der Waals surface area contributed by atoms with Crippen molar-refractivity contribution in [1.82, 2.24) is 10.5 Å². The number of benzene rings is 1. The lowest BCUT2D eigenvalue weighted by Gasteiger charge is -2.12. The monoisotopic (exact) mass is 214 g/mol. The standard InChI is InChI=1S/C13H14N2O/c1-2-4-12-11(3-1)5-6-13(12)14-7-10-8-15-16-9-10/h1-4,8-9,13-14H,5-7H2. The van der Waals surface area contributed by atoms with Crippen molar-refractivity contribution in [2.45, 2.75) is 25.4 Å². The molecule has 0 saturated carbocycles. The normalized spacial score (nSPS) is 18.6. The van der Waals surface area contributed by atoms with Crippen LogP contribution in [0.25, 0.3) is 0 Å². The zero-order valence-electron chi connectivity index (χ0n) is 9.02. The predicted octanol–water partition coefficient (Wildman–Crippen LogP) is 2.45. The maximum Gasteiger partial charge on any atom is 0.128 e. The molecule has 0 spiro atoms. The third-order valence-electron chi connectivity index (χ3n) is 3.17. The molecule has 3 heteroatoms. The average Bonchev–Trinajstić information content (AvgIpc) is 2.96. The second-order valence-corrected chi connectivity index (χ2v) is 4.20. The summed E-state index contributed by atoms with van der Waals surface area (Å²) in [5, 5.41) is 7.24. The summed E-state index contributed by atoms with van der Waals surface area (Å²) in [5.41, 5.74) is 4.02. The molecule has 3 nitrogen and oxygen atoms in total. The summed E-state index contributed by atoms with van der Waals surface area (Å²) in [7, 11) is 0. The molecule has 0 amide bonds. The van der Waals surface area contributed by atoms with E-state index in [9.17, 15) is 0 Å². The van der Waals surface area contributed by atoms with Crippen molar-refractivity contribution >= 4 is 0 Å². The van der Waals surface area contributed by atoms with Gasteiger partial charge in [-0.3, -0.25) is 0 Å². The molecule has 0 bridgehead atoms. The lowest BCUT2D eigenvalue weighted by atomic mass is 10.1. The van der Waals surface area contributed by atoms with Crippen LogP contribution in [-0.2, 0) is 13.0 Å². The molecule has 3 rings (SSSR count). The molecule has 1 unspecified atom stereocenters. The molecule has 0 radical (unpaired) electrons. The number of nitrogens with zero attached hydrogens (tertiary/aromatic N) is 1. The van der Waals surface area contributed by atoms with Crippen LogP contribution >= 0.6 is 0 Å². The highest BCUT2D eigenvalue weighted by Gasteiger charge is 2.20. The van der Waals surface area contributed by atoms with E-state index in [0.717, 1.165) is 12.1 Å². The molecular formula is C13H14N2O. The van der Waals surface area contributed by atoms with Crippen molar-refractivity contribution in [2.75, 3.05) is 0 Å². The Morgan fingerprint density at radius 3 is 3.19 bits per heavy atom. The fourth-order valence-corrected chi connectivity index (χ4v) is 2.32. The van der Waals surface area contributed by atoms with E-state index in [0.29, 0.717) is 6.04 Å². The van der Waals surface area contributed by atoms with Crippen molar-refractivity contribution in [3.63, 3.8) is 0 Å². The van der Waals surface area contributed by atoms with Crippen molar-refractivity contribution < 1.29 is 4.52 Å². The molecule has 2 aromatic rings. The summed E-state index contributed by atoms with van der Waals surface area (Å²) in [6, 6.07) is 9.13. The molecule has 1 N–H and O–H groups in total. The van der Waals surface area contributed by atoms with Crippen LogP contribution in [0.5, 0.6) is 0 Å². The van der Waals surface area contributed by atoms with Gasteiger partial charge in [0, 0.05) is 18.2 Å². The number of hydrogen-bond acceptors (Lipinski definition) is 3. The molecule has 1 heterocycles. The fraction of sp³-hybridized carbons (Fsp3) is 0.308. The molecule has 1 aliphatic carbocycles. The van der Waals surface area contributed by atoms with E-state index in [-0.39, 0.29) is 0 Å². The molecule has 82 valence electrons. The first kappa shape index (κ1) is 9.60. The largest absolute Gasteiger partial charge is 0.364 e. The second kappa shape index (κ2) is 4.10. The van der Waals surface area contributed by atoms with Gasteiger partial charge in [-0.25, -0.2) is 0 Å². The molecule has 1 aromatic carbocycles. The molecule has 1 aromatic heterocycles. The molecule has 1 atom stereocenters. The highest BCUT2D eigenvalue weighted by molar-refractivity contribution is 5.34. The van der Waals surface area contributed by atoms with Gasteiger partial charge in [0.15, 0.2) is 0 Å². The summed E-state index contributed by atoms with van der Waals surface area (Å²) in [6.07, 6.45) is 5.81. The van der Waals surface area contributed by atoms with Crippen LogP contribution in [-0.4, -0.2) is 5.16 Å². The quantitative estimate of drug-likeness (QED) is 0.852. The summed E-state index contributed by atoms with van der Waals surface area (Å²) in [6.45, 7) is 0.822. The van der Waals surface area contributed by atoms with Gasteiger partial charge in [0.1, 0.15) is 6.26 Å². The molecule has 0 aliphatic heterocycles. The average molecular weight is 214 g/mol. The van der Waals surface area contributed by atoms with Gasteiger partial charge < -0.3 is 9.84 Å². The van der Waals surface area contributed by atoms with Crippen LogP contribution in [0.1, 0.15) is 29.2 Å². The first-order valence-corrected chi connectivity index (χ1v) is 5.63. The molecule has 0 saturated heterocycles. The lowest BCUT2D eigenvalue weighted by Crippen LogP contribution is -2.18. The number of aryl methyl sites for hydroxylation is 1. The molecule has 1 aliphatic rings. The second-order valence-electron chi connectivity index (χ2n) is 4.20. The van der Waals surface area contributed by atoms with E-state index in [2.05, 4.69) is 34.7 Å². The van der Waals surface area contributed by atoms with Crippen molar-refractivity contribution in [2.24, 2.45) is 0 Å². The van der Waals surface area contributed by atoms with Gasteiger partial charge >= 0.3 is 0 Å². The predicted molar refractivity (Wildman–Crippen MR) is 60.8 cm³/mol. The Labute approximate surface area is 94.5 Å². The van der Waals surface area contributed by atoms with Gasteiger partial charge in [-0.15, -0.1) is 0 Å². The van der Waals surface area contributed by atoms with E-state index in [4.69, 9.17) is 4.52 Å². The van der Waals surface area contributed by atoms with E-state index < -0.39 is 0 Å². The maximum absolute atomic E-state index is 4.81. The highest BCUT2D eigenvalue weighted by Crippen LogP contribution is 2.30. The fourth-order valence-electron chi connectivity index (χ4n) is 2.32. The van der Waals surface area contributed by atoms with Gasteiger partial charge in [0.2, 0.25) is 0 Å². The van der Waals surface area contributed by atoms with Crippen molar-refractivity contribution in [1.29, 1.82) is 0 Å². The molecule has 16 heavy (non-hydrogen) atoms. The minimum atomic E-state index is 0.478. The van der Waals surface area contributed by atoms with Crippen LogP contribution in [0.3, 0.4) is 0 Å². The van der Waals surface area contributed by atoms with Gasteiger partial charge in [-0.05, 0) is 24.0 Å². The Hall–Kier alpha value is -1.61. The van der Waals surface area contributed by atoms with E-state index in [1.807, 2.05) is 0 Å². The highest BCUT2D eigenvalue weighted by atomic mass is 16.5. The summed E-state index contributed by atoms with van der Waals surface area (Å²) in [4.78, 5) is 0. The minimum absolute atomic E-state index is 0.478. The number of fused-ring (bicyclic) bond motifs is 1. The van der Waals surface area contributed by atoms with Crippen molar-refractivity contribution in [3.05, 3.63) is 53.4 Å². The van der Waals surface area contributed by atoms with E-state index >= 15 is 0 Å². The topological polar surface area (TPSA) is 38.1 Å². The third-order valence-corrected chi connectivity index (χ3v) is 3.17. The maximum atomic E-state index is 4.81. The van der Waals surface area contributed by atoms with E-state index in [1.54, 1.807) is 12.5 Å².